The van der Waals surface area contributed by atoms with Gasteiger partial charge in [-0.25, -0.2) is 4.79 Å². The Bertz CT molecular complexity index is 613. The maximum absolute atomic E-state index is 11.5. The number of nitrogens with one attached hydrogen (secondary N) is 1. The molecule has 0 saturated heterocycles. The Labute approximate surface area is 110 Å². The fourth-order valence-electron chi connectivity index (χ4n) is 1.41. The van der Waals surface area contributed by atoms with Gasteiger partial charge in [-0.1, -0.05) is 23.2 Å². The number of hydrogen-bond donors (Lipinski definition) is 1. The quantitative estimate of drug-likeness (QED) is 0.881. The third-order valence-electron chi connectivity index (χ3n) is 2.20. The Balaban J connectivity index is 2.20. The van der Waals surface area contributed by atoms with Crippen LogP contribution in [0.4, 0.5) is 0 Å². The smallest absolute Gasteiger partial charge is 0.298 e. The second-order valence-electron chi connectivity index (χ2n) is 3.37. The van der Waals surface area contributed by atoms with Gasteiger partial charge in [0.05, 0.1) is 4.34 Å². The summed E-state index contributed by atoms with van der Waals surface area (Å²) < 4.78 is 1.80. The van der Waals surface area contributed by atoms with Gasteiger partial charge in [0.25, 0.3) is 5.56 Å². The van der Waals surface area contributed by atoms with Gasteiger partial charge in [0, 0.05) is 23.9 Å². The van der Waals surface area contributed by atoms with Gasteiger partial charge in [-0.15, -0.1) is 11.3 Å². The van der Waals surface area contributed by atoms with Gasteiger partial charge in [-0.2, -0.15) is 0 Å². The van der Waals surface area contributed by atoms with E-state index in [2.05, 4.69) is 4.98 Å². The number of halogens is 2. The molecule has 0 bridgehead atoms. The van der Waals surface area contributed by atoms with E-state index in [1.54, 1.807) is 6.07 Å². The molecule has 2 heterocycles. The highest BCUT2D eigenvalue weighted by Gasteiger charge is 2.04. The largest absolute Gasteiger partial charge is 0.329 e. The van der Waals surface area contributed by atoms with E-state index in [1.807, 2.05) is 6.07 Å². The van der Waals surface area contributed by atoms with Gasteiger partial charge in [-0.05, 0) is 12.1 Å². The van der Waals surface area contributed by atoms with Crippen LogP contribution in [-0.2, 0) is 13.0 Å². The predicted octanol–water partition coefficient (Wildman–Crippen LogP) is 2.15. The maximum atomic E-state index is 11.5. The van der Waals surface area contributed by atoms with Crippen molar-refractivity contribution in [1.82, 2.24) is 9.55 Å². The lowest BCUT2D eigenvalue weighted by Crippen LogP contribution is -2.34. The van der Waals surface area contributed by atoms with Gasteiger partial charge in [0.2, 0.25) is 0 Å². The summed E-state index contributed by atoms with van der Waals surface area (Å²) in [5, 5.41) is 0.0513. The van der Waals surface area contributed by atoms with Crippen molar-refractivity contribution >= 4 is 34.5 Å². The van der Waals surface area contributed by atoms with Crippen molar-refractivity contribution < 1.29 is 0 Å². The van der Waals surface area contributed by atoms with Crippen LogP contribution in [0.2, 0.25) is 9.49 Å². The second kappa shape index (κ2) is 5.08. The van der Waals surface area contributed by atoms with Gasteiger partial charge in [0.1, 0.15) is 5.15 Å². The molecular formula is C10H8Cl2N2O2S. The highest BCUT2D eigenvalue weighted by Crippen LogP contribution is 2.21. The van der Waals surface area contributed by atoms with E-state index < -0.39 is 11.2 Å². The number of aromatic amines is 1. The molecule has 0 saturated carbocycles. The molecule has 0 amide bonds. The summed E-state index contributed by atoms with van der Waals surface area (Å²) in [6, 6.07) is 4.85. The zero-order valence-corrected chi connectivity index (χ0v) is 10.9. The number of hydrogen-bond acceptors (Lipinski definition) is 3. The Morgan fingerprint density at radius 3 is 2.65 bits per heavy atom. The Morgan fingerprint density at radius 2 is 2.06 bits per heavy atom. The first-order valence-corrected chi connectivity index (χ1v) is 6.37. The van der Waals surface area contributed by atoms with Crippen LogP contribution in [0.1, 0.15) is 4.88 Å². The lowest BCUT2D eigenvalue weighted by molar-refractivity contribution is 0.631. The van der Waals surface area contributed by atoms with E-state index in [4.69, 9.17) is 23.2 Å². The third kappa shape index (κ3) is 3.00. The van der Waals surface area contributed by atoms with E-state index in [0.29, 0.717) is 17.3 Å². The molecule has 2 aromatic heterocycles. The number of aromatic nitrogens is 2. The van der Waals surface area contributed by atoms with Crippen LogP contribution >= 0.6 is 34.5 Å². The molecule has 0 aromatic carbocycles. The highest BCUT2D eigenvalue weighted by atomic mass is 35.5. The van der Waals surface area contributed by atoms with E-state index in [0.717, 1.165) is 9.44 Å². The standard InChI is InChI=1S/C10H8Cl2N2O2S/c11-7-5-9(15)14(10(16)13-7)4-3-6-1-2-8(12)17-6/h1-2,5H,3-4H2,(H,13,16). The third-order valence-corrected chi connectivity index (χ3v) is 3.69. The van der Waals surface area contributed by atoms with Crippen LogP contribution in [-0.4, -0.2) is 9.55 Å². The van der Waals surface area contributed by atoms with Gasteiger partial charge in [-0.3, -0.25) is 14.3 Å². The molecule has 0 aliphatic heterocycles. The average Bonchev–Trinajstić information content (AvgIpc) is 2.62. The summed E-state index contributed by atoms with van der Waals surface area (Å²) in [5.74, 6) is 0. The van der Waals surface area contributed by atoms with Crippen molar-refractivity contribution in [3.63, 3.8) is 0 Å². The molecule has 2 rings (SSSR count). The zero-order valence-electron chi connectivity index (χ0n) is 8.57. The SMILES string of the molecule is O=c1cc(Cl)[nH]c(=O)n1CCc1ccc(Cl)s1. The van der Waals surface area contributed by atoms with Crippen molar-refractivity contribution in [2.75, 3.05) is 0 Å². The molecule has 0 aliphatic carbocycles. The normalized spacial score (nSPS) is 10.7. The van der Waals surface area contributed by atoms with Crippen LogP contribution in [0.25, 0.3) is 0 Å². The molecule has 0 aliphatic rings. The molecule has 0 spiro atoms. The Morgan fingerprint density at radius 1 is 1.29 bits per heavy atom. The average molecular weight is 291 g/mol. The van der Waals surface area contributed by atoms with Crippen molar-refractivity contribution in [2.24, 2.45) is 0 Å². The summed E-state index contributed by atoms with van der Waals surface area (Å²) in [5.41, 5.74) is -0.897. The first-order chi connectivity index (χ1) is 8.06. The minimum Gasteiger partial charge on any atom is -0.298 e. The number of rotatable bonds is 3. The maximum Gasteiger partial charge on any atom is 0.329 e. The number of nitrogens with zero attached hydrogens (tertiary/aromatic N) is 1. The fraction of sp³-hybridized carbons (Fsp3) is 0.200. The minimum atomic E-state index is -0.495. The molecule has 90 valence electrons. The van der Waals surface area contributed by atoms with E-state index >= 15 is 0 Å². The van der Waals surface area contributed by atoms with Crippen LogP contribution in [0.3, 0.4) is 0 Å². The first-order valence-electron chi connectivity index (χ1n) is 4.80. The highest BCUT2D eigenvalue weighted by molar-refractivity contribution is 7.16. The molecule has 0 unspecified atom stereocenters. The Kier molecular flexibility index (Phi) is 3.71. The number of H-pyrrole nitrogens is 1. The summed E-state index contributed by atoms with van der Waals surface area (Å²) >= 11 is 12.8. The fourth-order valence-corrected chi connectivity index (χ4v) is 2.66. The van der Waals surface area contributed by atoms with Gasteiger partial charge >= 0.3 is 5.69 Å². The summed E-state index contributed by atoms with van der Waals surface area (Å²) in [7, 11) is 0. The van der Waals surface area contributed by atoms with E-state index in [1.165, 1.54) is 17.4 Å². The molecule has 4 nitrogen and oxygen atoms in total. The minimum absolute atomic E-state index is 0.0513. The molecule has 0 radical (unpaired) electrons. The van der Waals surface area contributed by atoms with Crippen LogP contribution in [0.5, 0.6) is 0 Å². The molecule has 1 N–H and O–H groups in total. The van der Waals surface area contributed by atoms with Crippen LogP contribution in [0.15, 0.2) is 27.8 Å². The zero-order chi connectivity index (χ0) is 12.4. The lowest BCUT2D eigenvalue weighted by atomic mass is 10.3. The summed E-state index contributed by atoms with van der Waals surface area (Å²) in [6.07, 6.45) is 0.585. The number of aryl methyl sites for hydroxylation is 1. The predicted molar refractivity (Wildman–Crippen MR) is 69.4 cm³/mol. The molecule has 2 aromatic rings. The van der Waals surface area contributed by atoms with Crippen LogP contribution < -0.4 is 11.2 Å². The van der Waals surface area contributed by atoms with Crippen molar-refractivity contribution in [2.45, 2.75) is 13.0 Å². The molecule has 0 fully saturated rings. The van der Waals surface area contributed by atoms with Gasteiger partial charge < -0.3 is 0 Å². The second-order valence-corrected chi connectivity index (χ2v) is 5.57. The van der Waals surface area contributed by atoms with Crippen LogP contribution in [0, 0.1) is 0 Å². The van der Waals surface area contributed by atoms with Crippen molar-refractivity contribution in [3.8, 4) is 0 Å². The first kappa shape index (κ1) is 12.4. The van der Waals surface area contributed by atoms with E-state index in [-0.39, 0.29) is 5.15 Å². The van der Waals surface area contributed by atoms with Crippen molar-refractivity contribution in [3.05, 3.63) is 53.4 Å². The summed E-state index contributed by atoms with van der Waals surface area (Å²) in [6.45, 7) is 0.308. The molecule has 17 heavy (non-hydrogen) atoms. The topological polar surface area (TPSA) is 54.9 Å². The monoisotopic (exact) mass is 290 g/mol. The lowest BCUT2D eigenvalue weighted by Gasteiger charge is -2.02. The molecular weight excluding hydrogens is 283 g/mol. The summed E-state index contributed by atoms with van der Waals surface area (Å²) in [4.78, 5) is 26.4. The molecule has 7 heteroatoms. The van der Waals surface area contributed by atoms with Crippen molar-refractivity contribution in [1.29, 1.82) is 0 Å². The van der Waals surface area contributed by atoms with E-state index in [9.17, 15) is 9.59 Å². The van der Waals surface area contributed by atoms with Gasteiger partial charge in [0.15, 0.2) is 0 Å². The number of thiophene rings is 1. The molecule has 0 atom stereocenters. The Hall–Kier alpha value is -1.04.